The van der Waals surface area contributed by atoms with Crippen LogP contribution in [0.3, 0.4) is 0 Å². The molecule has 0 saturated heterocycles. The average molecular weight is 282 g/mol. The first-order valence-corrected chi connectivity index (χ1v) is 6.60. The van der Waals surface area contributed by atoms with Crippen molar-refractivity contribution in [2.24, 2.45) is 0 Å². The van der Waals surface area contributed by atoms with Crippen LogP contribution in [0.25, 0.3) is 5.65 Å². The van der Waals surface area contributed by atoms with E-state index in [1.807, 2.05) is 19.1 Å². The molecule has 3 rings (SSSR count). The minimum atomic E-state index is -0.243. The number of aromatic nitrogens is 3. The molecule has 1 aromatic carbocycles. The van der Waals surface area contributed by atoms with E-state index in [0.717, 1.165) is 5.75 Å². The van der Waals surface area contributed by atoms with Gasteiger partial charge in [-0.2, -0.15) is 5.10 Å². The summed E-state index contributed by atoms with van der Waals surface area (Å²) in [7, 11) is 0. The largest absolute Gasteiger partial charge is 0.494 e. The van der Waals surface area contributed by atoms with Crippen LogP contribution in [0, 0.1) is 0 Å². The summed E-state index contributed by atoms with van der Waals surface area (Å²) in [6.45, 7) is 2.54. The molecule has 1 N–H and O–H groups in total. The lowest BCUT2D eigenvalue weighted by Gasteiger charge is -2.06. The second kappa shape index (κ2) is 5.62. The number of ether oxygens (including phenoxy) is 1. The number of nitrogens with one attached hydrogen (secondary N) is 1. The molecule has 0 aliphatic carbocycles. The van der Waals surface area contributed by atoms with Crippen LogP contribution >= 0.6 is 0 Å². The van der Waals surface area contributed by atoms with Gasteiger partial charge in [0.1, 0.15) is 11.3 Å². The van der Waals surface area contributed by atoms with Crippen molar-refractivity contribution in [2.45, 2.75) is 6.92 Å². The highest BCUT2D eigenvalue weighted by atomic mass is 16.5. The molecule has 1 amide bonds. The van der Waals surface area contributed by atoms with Gasteiger partial charge >= 0.3 is 0 Å². The Balaban J connectivity index is 1.79. The first kappa shape index (κ1) is 13.1. The van der Waals surface area contributed by atoms with E-state index in [1.54, 1.807) is 35.1 Å². The molecule has 6 nitrogen and oxygen atoms in total. The number of fused-ring (bicyclic) bond motifs is 1. The summed E-state index contributed by atoms with van der Waals surface area (Å²) in [6.07, 6.45) is 4.88. The van der Waals surface area contributed by atoms with Gasteiger partial charge in [-0.05, 0) is 37.3 Å². The second-order valence-corrected chi connectivity index (χ2v) is 4.36. The van der Waals surface area contributed by atoms with Crippen LogP contribution in [0.2, 0.25) is 0 Å². The normalized spacial score (nSPS) is 10.5. The van der Waals surface area contributed by atoms with Crippen LogP contribution in [0.15, 0.2) is 48.9 Å². The molecule has 0 bridgehead atoms. The monoisotopic (exact) mass is 282 g/mol. The Labute approximate surface area is 121 Å². The molecule has 0 radical (unpaired) electrons. The van der Waals surface area contributed by atoms with Crippen LogP contribution < -0.4 is 10.1 Å². The van der Waals surface area contributed by atoms with Crippen molar-refractivity contribution in [1.82, 2.24) is 14.6 Å². The fourth-order valence-electron chi connectivity index (χ4n) is 1.99. The summed E-state index contributed by atoms with van der Waals surface area (Å²) in [6, 6.07) is 8.97. The van der Waals surface area contributed by atoms with Crippen molar-refractivity contribution < 1.29 is 9.53 Å². The molecule has 6 heteroatoms. The molecule has 2 aromatic heterocycles. The van der Waals surface area contributed by atoms with Gasteiger partial charge in [0.2, 0.25) is 0 Å². The molecular weight excluding hydrogens is 268 g/mol. The summed E-state index contributed by atoms with van der Waals surface area (Å²) < 4.78 is 6.92. The topological polar surface area (TPSA) is 68.5 Å². The fraction of sp³-hybridized carbons (Fsp3) is 0.133. The molecule has 0 spiro atoms. The van der Waals surface area contributed by atoms with E-state index in [1.165, 1.54) is 6.20 Å². The standard InChI is InChI=1S/C15H14N4O2/c1-2-21-12-6-4-11(5-7-12)18-15(20)13-10-17-19-9-3-8-16-14(13)19/h3-10H,2H2,1H3,(H,18,20). The maximum atomic E-state index is 12.3. The Kier molecular flexibility index (Phi) is 3.51. The number of benzene rings is 1. The third-order valence-electron chi connectivity index (χ3n) is 2.95. The minimum Gasteiger partial charge on any atom is -0.494 e. The van der Waals surface area contributed by atoms with Crippen LogP contribution in [0.1, 0.15) is 17.3 Å². The third kappa shape index (κ3) is 2.69. The summed E-state index contributed by atoms with van der Waals surface area (Å²) in [5.41, 5.74) is 1.66. The molecule has 3 aromatic rings. The molecule has 0 aliphatic heterocycles. The Bertz CT molecular complexity index is 765. The minimum absolute atomic E-state index is 0.243. The molecule has 0 atom stereocenters. The number of hydrogen-bond acceptors (Lipinski definition) is 4. The predicted octanol–water partition coefficient (Wildman–Crippen LogP) is 2.38. The van der Waals surface area contributed by atoms with Gasteiger partial charge in [0.15, 0.2) is 5.65 Å². The van der Waals surface area contributed by atoms with Gasteiger partial charge in [-0.15, -0.1) is 0 Å². The highest BCUT2D eigenvalue weighted by Crippen LogP contribution is 2.17. The van der Waals surface area contributed by atoms with Gasteiger partial charge in [-0.1, -0.05) is 0 Å². The smallest absolute Gasteiger partial charge is 0.261 e. The Morgan fingerprint density at radius 1 is 1.33 bits per heavy atom. The first-order valence-electron chi connectivity index (χ1n) is 6.60. The third-order valence-corrected chi connectivity index (χ3v) is 2.95. The lowest BCUT2D eigenvalue weighted by molar-refractivity contribution is 0.102. The lowest BCUT2D eigenvalue weighted by atomic mass is 10.2. The molecule has 0 aliphatic rings. The van der Waals surface area contributed by atoms with Gasteiger partial charge < -0.3 is 10.1 Å². The van der Waals surface area contributed by atoms with E-state index in [-0.39, 0.29) is 5.91 Å². The number of hydrogen-bond donors (Lipinski definition) is 1. The van der Waals surface area contributed by atoms with Gasteiger partial charge in [0.25, 0.3) is 5.91 Å². The summed E-state index contributed by atoms with van der Waals surface area (Å²) in [5.74, 6) is 0.529. The van der Waals surface area contributed by atoms with Crippen molar-refractivity contribution in [3.8, 4) is 5.75 Å². The molecule has 0 saturated carbocycles. The summed E-state index contributed by atoms with van der Waals surface area (Å²) >= 11 is 0. The molecule has 0 fully saturated rings. The van der Waals surface area contributed by atoms with Crippen LogP contribution in [0.5, 0.6) is 5.75 Å². The molecular formula is C15H14N4O2. The maximum absolute atomic E-state index is 12.3. The van der Waals surface area contributed by atoms with E-state index in [0.29, 0.717) is 23.5 Å². The Morgan fingerprint density at radius 2 is 2.14 bits per heavy atom. The molecule has 106 valence electrons. The quantitative estimate of drug-likeness (QED) is 0.797. The maximum Gasteiger partial charge on any atom is 0.261 e. The Morgan fingerprint density at radius 3 is 2.90 bits per heavy atom. The number of rotatable bonds is 4. The van der Waals surface area contributed by atoms with Gasteiger partial charge in [0.05, 0.1) is 12.8 Å². The molecule has 0 unspecified atom stereocenters. The van der Waals surface area contributed by atoms with Crippen molar-refractivity contribution in [1.29, 1.82) is 0 Å². The summed E-state index contributed by atoms with van der Waals surface area (Å²) in [5, 5.41) is 6.91. The number of carbonyl (C=O) groups is 1. The SMILES string of the molecule is CCOc1ccc(NC(=O)c2cnn3cccnc23)cc1. The van der Waals surface area contributed by atoms with E-state index < -0.39 is 0 Å². The number of anilines is 1. The highest BCUT2D eigenvalue weighted by molar-refractivity contribution is 6.08. The summed E-state index contributed by atoms with van der Waals surface area (Å²) in [4.78, 5) is 16.4. The number of nitrogens with zero attached hydrogens (tertiary/aromatic N) is 3. The van der Waals surface area contributed by atoms with E-state index in [2.05, 4.69) is 15.4 Å². The zero-order chi connectivity index (χ0) is 14.7. The number of amides is 1. The zero-order valence-electron chi connectivity index (χ0n) is 11.5. The van der Waals surface area contributed by atoms with Crippen molar-refractivity contribution >= 4 is 17.2 Å². The predicted molar refractivity (Wildman–Crippen MR) is 78.6 cm³/mol. The molecule has 2 heterocycles. The van der Waals surface area contributed by atoms with E-state index >= 15 is 0 Å². The van der Waals surface area contributed by atoms with Crippen LogP contribution in [-0.4, -0.2) is 27.1 Å². The zero-order valence-corrected chi connectivity index (χ0v) is 11.5. The van der Waals surface area contributed by atoms with Gasteiger partial charge in [-0.25, -0.2) is 9.50 Å². The van der Waals surface area contributed by atoms with Crippen molar-refractivity contribution in [3.05, 3.63) is 54.5 Å². The van der Waals surface area contributed by atoms with Crippen molar-refractivity contribution in [3.63, 3.8) is 0 Å². The second-order valence-electron chi connectivity index (χ2n) is 4.36. The van der Waals surface area contributed by atoms with E-state index in [4.69, 9.17) is 4.74 Å². The lowest BCUT2D eigenvalue weighted by Crippen LogP contribution is -2.11. The van der Waals surface area contributed by atoms with Crippen molar-refractivity contribution in [2.75, 3.05) is 11.9 Å². The van der Waals surface area contributed by atoms with Gasteiger partial charge in [-0.3, -0.25) is 4.79 Å². The van der Waals surface area contributed by atoms with E-state index in [9.17, 15) is 4.79 Å². The molecule has 21 heavy (non-hydrogen) atoms. The number of carbonyl (C=O) groups excluding carboxylic acids is 1. The van der Waals surface area contributed by atoms with Crippen LogP contribution in [-0.2, 0) is 0 Å². The first-order chi connectivity index (χ1) is 10.3. The fourth-order valence-corrected chi connectivity index (χ4v) is 1.99. The highest BCUT2D eigenvalue weighted by Gasteiger charge is 2.13. The average Bonchev–Trinajstić information content (AvgIpc) is 2.93. The van der Waals surface area contributed by atoms with Gasteiger partial charge in [0, 0.05) is 18.1 Å². The van der Waals surface area contributed by atoms with Crippen LogP contribution in [0.4, 0.5) is 5.69 Å². The Hall–Kier alpha value is -2.89.